The van der Waals surface area contributed by atoms with Crippen LogP contribution in [0.15, 0.2) is 0 Å². The third-order valence-electron chi connectivity index (χ3n) is 0.268. The van der Waals surface area contributed by atoms with E-state index in [1.54, 1.807) is 0 Å². The topological polar surface area (TPSA) is 46.5 Å². The Morgan fingerprint density at radius 2 is 2.12 bits per heavy atom. The normalized spacial score (nSPS) is 6.12. The van der Waals surface area contributed by atoms with E-state index in [2.05, 4.69) is 4.74 Å². The van der Waals surface area contributed by atoms with Crippen molar-refractivity contribution in [3.05, 3.63) is 7.43 Å². The molecule has 0 bridgehead atoms. The molecule has 0 aliphatic heterocycles. The van der Waals surface area contributed by atoms with E-state index in [0.717, 1.165) is 0 Å². The van der Waals surface area contributed by atoms with Crippen molar-refractivity contribution < 1.29 is 47.3 Å². The molecular weight excluding hydrogens is 185 g/mol. The van der Waals surface area contributed by atoms with Gasteiger partial charge in [-0.2, -0.15) is 0 Å². The van der Waals surface area contributed by atoms with Gasteiger partial charge in [0.1, 0.15) is 6.61 Å². The molecule has 0 fully saturated rings. The Kier molecular flexibility index (Phi) is 20.8. The molecule has 0 aliphatic rings. The van der Waals surface area contributed by atoms with E-state index in [-0.39, 0.29) is 46.7 Å². The van der Waals surface area contributed by atoms with Gasteiger partial charge in [0.25, 0.3) is 0 Å². The summed E-state index contributed by atoms with van der Waals surface area (Å²) in [6.07, 6.45) is 0. The third kappa shape index (κ3) is 16.0. The number of hydrogen-bond acceptors (Lipinski definition) is 2. The average molecular weight is 194 g/mol. The monoisotopic (exact) mass is 194 g/mol. The van der Waals surface area contributed by atoms with Gasteiger partial charge in [-0.05, 0) is 0 Å². The fourth-order valence-electron chi connectivity index (χ4n) is 0.123. The SMILES string of the molecule is COCC(=O)O.[CH3-].[Y]. The van der Waals surface area contributed by atoms with E-state index < -0.39 is 5.97 Å². The van der Waals surface area contributed by atoms with Crippen molar-refractivity contribution in [2.24, 2.45) is 0 Å². The fourth-order valence-corrected chi connectivity index (χ4v) is 0.123. The van der Waals surface area contributed by atoms with E-state index in [1.165, 1.54) is 7.11 Å². The molecule has 0 aliphatic carbocycles. The van der Waals surface area contributed by atoms with Crippen LogP contribution < -0.4 is 0 Å². The van der Waals surface area contributed by atoms with Gasteiger partial charge < -0.3 is 17.3 Å². The molecule has 0 atom stereocenters. The summed E-state index contributed by atoms with van der Waals surface area (Å²) in [5.41, 5.74) is 0. The Labute approximate surface area is 74.3 Å². The summed E-state index contributed by atoms with van der Waals surface area (Å²) >= 11 is 0. The van der Waals surface area contributed by atoms with Crippen molar-refractivity contribution >= 4 is 5.97 Å². The summed E-state index contributed by atoms with van der Waals surface area (Å²) in [5.74, 6) is -0.933. The van der Waals surface area contributed by atoms with Crippen molar-refractivity contribution in [2.75, 3.05) is 13.7 Å². The fraction of sp³-hybridized carbons (Fsp3) is 0.500. The molecule has 0 saturated carbocycles. The standard InChI is InChI=1S/C3H6O3.CH3.Y/c1-6-2-3(4)5;;/h2H2,1H3,(H,4,5);1H3;/q;-1;. The van der Waals surface area contributed by atoms with E-state index >= 15 is 0 Å². The Morgan fingerprint density at radius 1 is 1.75 bits per heavy atom. The summed E-state index contributed by atoms with van der Waals surface area (Å²) in [6, 6.07) is 0. The number of hydrogen-bond donors (Lipinski definition) is 1. The van der Waals surface area contributed by atoms with Crippen LogP contribution in [0, 0.1) is 7.43 Å². The average Bonchev–Trinajstić information content (AvgIpc) is 1.35. The second kappa shape index (κ2) is 10.5. The number of rotatable bonds is 2. The van der Waals surface area contributed by atoms with Gasteiger partial charge >= 0.3 is 5.97 Å². The van der Waals surface area contributed by atoms with Crippen LogP contribution in [0.3, 0.4) is 0 Å². The van der Waals surface area contributed by atoms with Crippen molar-refractivity contribution in [3.63, 3.8) is 0 Å². The number of carboxylic acid groups (broad SMARTS) is 1. The van der Waals surface area contributed by atoms with E-state index in [4.69, 9.17) is 5.11 Å². The molecule has 8 heavy (non-hydrogen) atoms. The van der Waals surface area contributed by atoms with Gasteiger partial charge in [0, 0.05) is 39.8 Å². The molecule has 0 unspecified atom stereocenters. The number of methoxy groups -OCH3 is 1. The zero-order valence-corrected chi connectivity index (χ0v) is 7.89. The Bertz CT molecular complexity index is 55.2. The van der Waals surface area contributed by atoms with Crippen LogP contribution in [-0.2, 0) is 42.2 Å². The summed E-state index contributed by atoms with van der Waals surface area (Å²) in [7, 11) is 1.34. The zero-order valence-electron chi connectivity index (χ0n) is 5.05. The summed E-state index contributed by atoms with van der Waals surface area (Å²) < 4.78 is 4.20. The predicted molar refractivity (Wildman–Crippen MR) is 25.9 cm³/mol. The first-order valence-electron chi connectivity index (χ1n) is 1.48. The maximum absolute atomic E-state index is 9.47. The summed E-state index contributed by atoms with van der Waals surface area (Å²) in [6.45, 7) is -0.208. The third-order valence-corrected chi connectivity index (χ3v) is 0.268. The first-order valence-corrected chi connectivity index (χ1v) is 1.48. The van der Waals surface area contributed by atoms with Crippen molar-refractivity contribution in [2.45, 2.75) is 0 Å². The van der Waals surface area contributed by atoms with Gasteiger partial charge in [0.05, 0.1) is 0 Å². The van der Waals surface area contributed by atoms with Crippen molar-refractivity contribution in [3.8, 4) is 0 Å². The molecule has 0 aromatic carbocycles. The minimum Gasteiger partial charge on any atom is -0.480 e. The van der Waals surface area contributed by atoms with Crippen LogP contribution in [0.2, 0.25) is 0 Å². The molecule has 47 valence electrons. The molecule has 1 N–H and O–H groups in total. The van der Waals surface area contributed by atoms with Gasteiger partial charge in [0.2, 0.25) is 0 Å². The van der Waals surface area contributed by atoms with Gasteiger partial charge in [-0.1, -0.05) is 0 Å². The van der Waals surface area contributed by atoms with Crippen molar-refractivity contribution in [1.82, 2.24) is 0 Å². The molecular formula is C4H9O3Y-. The largest absolute Gasteiger partial charge is 0.480 e. The quantitative estimate of drug-likeness (QED) is 0.637. The minimum atomic E-state index is -0.933. The molecule has 0 saturated heterocycles. The number of ether oxygens (including phenoxy) is 1. The second-order valence-electron chi connectivity index (χ2n) is 0.827. The van der Waals surface area contributed by atoms with Gasteiger partial charge in [-0.3, -0.25) is 0 Å². The predicted octanol–water partition coefficient (Wildman–Crippen LogP) is 0.165. The first kappa shape index (κ1) is 15.8. The number of carbonyl (C=O) groups is 1. The molecule has 0 spiro atoms. The number of carboxylic acids is 1. The smallest absolute Gasteiger partial charge is 0.329 e. The van der Waals surface area contributed by atoms with Crippen LogP contribution in [0.25, 0.3) is 0 Å². The van der Waals surface area contributed by atoms with Crippen LogP contribution in [0.1, 0.15) is 0 Å². The van der Waals surface area contributed by atoms with Gasteiger partial charge in [-0.25, -0.2) is 4.79 Å². The minimum absolute atomic E-state index is 0. The van der Waals surface area contributed by atoms with E-state index in [9.17, 15) is 4.79 Å². The zero-order chi connectivity index (χ0) is 4.99. The second-order valence-corrected chi connectivity index (χ2v) is 0.827. The first-order chi connectivity index (χ1) is 2.77. The van der Waals surface area contributed by atoms with Crippen LogP contribution >= 0.6 is 0 Å². The molecule has 3 nitrogen and oxygen atoms in total. The maximum Gasteiger partial charge on any atom is 0.329 e. The molecule has 0 heterocycles. The van der Waals surface area contributed by atoms with Crippen LogP contribution in [0.4, 0.5) is 0 Å². The Hall–Kier alpha value is 0.534. The Morgan fingerprint density at radius 3 is 2.12 bits per heavy atom. The maximum atomic E-state index is 9.47. The van der Waals surface area contributed by atoms with E-state index in [0.29, 0.717) is 0 Å². The molecule has 1 radical (unpaired) electrons. The molecule has 0 aromatic rings. The molecule has 0 aromatic heterocycles. The molecule has 0 amide bonds. The van der Waals surface area contributed by atoms with Gasteiger partial charge in [-0.15, -0.1) is 0 Å². The van der Waals surface area contributed by atoms with Crippen molar-refractivity contribution in [1.29, 1.82) is 0 Å². The van der Waals surface area contributed by atoms with E-state index in [1.807, 2.05) is 0 Å². The van der Waals surface area contributed by atoms with Crippen LogP contribution in [-0.4, -0.2) is 24.8 Å². The molecule has 4 heteroatoms. The van der Waals surface area contributed by atoms with Crippen LogP contribution in [0.5, 0.6) is 0 Å². The Balaban J connectivity index is -0.000000125. The summed E-state index contributed by atoms with van der Waals surface area (Å²) in [4.78, 5) is 9.47. The van der Waals surface area contributed by atoms with Gasteiger partial charge in [0.15, 0.2) is 0 Å². The number of aliphatic carboxylic acids is 1. The summed E-state index contributed by atoms with van der Waals surface area (Å²) in [5, 5.41) is 7.79. The molecule has 0 rings (SSSR count).